The lowest BCUT2D eigenvalue weighted by Gasteiger charge is -2.14. The summed E-state index contributed by atoms with van der Waals surface area (Å²) in [6.07, 6.45) is 0. The van der Waals surface area contributed by atoms with Gasteiger partial charge in [-0.15, -0.1) is 0 Å². The summed E-state index contributed by atoms with van der Waals surface area (Å²) >= 11 is 0. The van der Waals surface area contributed by atoms with Gasteiger partial charge in [-0.1, -0.05) is 48.5 Å². The second-order valence-corrected chi connectivity index (χ2v) is 4.69. The van der Waals surface area contributed by atoms with Gasteiger partial charge in [0.1, 0.15) is 6.61 Å². The fraction of sp³-hybridized carbons (Fsp3) is 0.222. The van der Waals surface area contributed by atoms with Gasteiger partial charge in [0.05, 0.1) is 24.2 Å². The van der Waals surface area contributed by atoms with Gasteiger partial charge in [0.2, 0.25) is 0 Å². The Bertz CT molecular complexity index is 662. The maximum Gasteiger partial charge on any atom is 0.338 e. The first kappa shape index (κ1) is 15.7. The number of rotatable bonds is 6. The number of methoxy groups -OCH3 is 1. The lowest BCUT2D eigenvalue weighted by atomic mass is 9.89. The summed E-state index contributed by atoms with van der Waals surface area (Å²) in [5.41, 5.74) is 1.91. The van der Waals surface area contributed by atoms with Crippen LogP contribution in [0.15, 0.2) is 54.6 Å². The molecule has 4 heteroatoms. The molecular formula is C18H17NO3. The summed E-state index contributed by atoms with van der Waals surface area (Å²) < 4.78 is 10.0. The summed E-state index contributed by atoms with van der Waals surface area (Å²) in [4.78, 5) is 12.2. The van der Waals surface area contributed by atoms with Crippen LogP contribution in [0.3, 0.4) is 0 Å². The Balaban J connectivity index is 2.31. The molecule has 0 amide bonds. The number of benzene rings is 2. The molecule has 2 aromatic carbocycles. The van der Waals surface area contributed by atoms with Crippen molar-refractivity contribution in [2.75, 3.05) is 20.3 Å². The van der Waals surface area contributed by atoms with Gasteiger partial charge in [-0.05, 0) is 17.2 Å². The molecule has 1 atom stereocenters. The molecule has 0 aliphatic carbocycles. The molecule has 0 N–H and O–H groups in total. The zero-order valence-corrected chi connectivity index (χ0v) is 12.4. The van der Waals surface area contributed by atoms with E-state index in [2.05, 4.69) is 6.07 Å². The van der Waals surface area contributed by atoms with E-state index >= 15 is 0 Å². The van der Waals surface area contributed by atoms with E-state index in [9.17, 15) is 10.1 Å². The largest absolute Gasteiger partial charge is 0.460 e. The van der Waals surface area contributed by atoms with Crippen LogP contribution in [0.2, 0.25) is 0 Å². The van der Waals surface area contributed by atoms with E-state index in [4.69, 9.17) is 9.47 Å². The summed E-state index contributed by atoms with van der Waals surface area (Å²) in [7, 11) is 1.54. The SMILES string of the molecule is COCCOC(=O)c1ccccc1C(C#N)c1ccccc1. The molecule has 0 bridgehead atoms. The summed E-state index contributed by atoms with van der Waals surface area (Å²) in [5, 5.41) is 9.53. The Kier molecular flexibility index (Phi) is 5.70. The molecule has 0 heterocycles. The van der Waals surface area contributed by atoms with Crippen LogP contribution in [0.1, 0.15) is 27.4 Å². The molecule has 0 aromatic heterocycles. The number of hydrogen-bond acceptors (Lipinski definition) is 4. The fourth-order valence-corrected chi connectivity index (χ4v) is 2.20. The minimum absolute atomic E-state index is 0.187. The average molecular weight is 295 g/mol. The first-order chi connectivity index (χ1) is 10.8. The van der Waals surface area contributed by atoms with Crippen molar-refractivity contribution in [3.05, 3.63) is 71.3 Å². The van der Waals surface area contributed by atoms with Crippen molar-refractivity contribution in [3.63, 3.8) is 0 Å². The number of nitriles is 1. The molecule has 0 saturated heterocycles. The summed E-state index contributed by atoms with van der Waals surface area (Å²) in [6.45, 7) is 0.528. The highest BCUT2D eigenvalue weighted by atomic mass is 16.6. The van der Waals surface area contributed by atoms with E-state index in [1.165, 1.54) is 0 Å². The van der Waals surface area contributed by atoms with Crippen LogP contribution >= 0.6 is 0 Å². The molecular weight excluding hydrogens is 278 g/mol. The highest BCUT2D eigenvalue weighted by Gasteiger charge is 2.21. The third-order valence-electron chi connectivity index (χ3n) is 3.27. The molecule has 1 unspecified atom stereocenters. The van der Waals surface area contributed by atoms with Gasteiger partial charge in [0.25, 0.3) is 0 Å². The van der Waals surface area contributed by atoms with Crippen molar-refractivity contribution in [2.45, 2.75) is 5.92 Å². The molecule has 112 valence electrons. The third kappa shape index (κ3) is 3.72. The van der Waals surface area contributed by atoms with E-state index in [0.717, 1.165) is 5.56 Å². The van der Waals surface area contributed by atoms with Gasteiger partial charge in [0, 0.05) is 7.11 Å². The summed E-state index contributed by atoms with van der Waals surface area (Å²) in [6, 6.07) is 18.7. The molecule has 22 heavy (non-hydrogen) atoms. The van der Waals surface area contributed by atoms with Gasteiger partial charge in [-0.3, -0.25) is 0 Å². The van der Waals surface area contributed by atoms with Crippen LogP contribution in [0.4, 0.5) is 0 Å². The fourth-order valence-electron chi connectivity index (χ4n) is 2.20. The molecule has 0 aliphatic rings. The second-order valence-electron chi connectivity index (χ2n) is 4.69. The van der Waals surface area contributed by atoms with Crippen molar-refractivity contribution in [1.82, 2.24) is 0 Å². The van der Waals surface area contributed by atoms with Crippen LogP contribution in [-0.4, -0.2) is 26.3 Å². The van der Waals surface area contributed by atoms with E-state index in [1.807, 2.05) is 36.4 Å². The van der Waals surface area contributed by atoms with Crippen molar-refractivity contribution in [2.24, 2.45) is 0 Å². The lowest BCUT2D eigenvalue weighted by Crippen LogP contribution is -2.13. The van der Waals surface area contributed by atoms with Crippen LogP contribution in [-0.2, 0) is 9.47 Å². The third-order valence-corrected chi connectivity index (χ3v) is 3.27. The van der Waals surface area contributed by atoms with Gasteiger partial charge in [-0.2, -0.15) is 5.26 Å². The van der Waals surface area contributed by atoms with Gasteiger partial charge in [-0.25, -0.2) is 4.79 Å². The van der Waals surface area contributed by atoms with E-state index in [1.54, 1.807) is 25.3 Å². The van der Waals surface area contributed by atoms with Gasteiger partial charge >= 0.3 is 5.97 Å². The monoisotopic (exact) mass is 295 g/mol. The Labute approximate surface area is 129 Å². The highest BCUT2D eigenvalue weighted by molar-refractivity contribution is 5.91. The topological polar surface area (TPSA) is 59.3 Å². The maximum atomic E-state index is 12.2. The Morgan fingerprint density at radius 2 is 1.77 bits per heavy atom. The number of hydrogen-bond donors (Lipinski definition) is 0. The molecule has 0 radical (unpaired) electrons. The Morgan fingerprint density at radius 3 is 2.45 bits per heavy atom. The first-order valence-corrected chi connectivity index (χ1v) is 6.97. The summed E-state index contributed by atoms with van der Waals surface area (Å²) in [5.74, 6) is -0.948. The standard InChI is InChI=1S/C18H17NO3/c1-21-11-12-22-18(20)16-10-6-5-9-15(16)17(13-19)14-7-3-2-4-8-14/h2-10,17H,11-12H2,1H3. The zero-order chi connectivity index (χ0) is 15.8. The van der Waals surface area contributed by atoms with Crippen molar-refractivity contribution >= 4 is 5.97 Å². The second kappa shape index (κ2) is 7.96. The minimum Gasteiger partial charge on any atom is -0.460 e. The molecule has 0 spiro atoms. The van der Waals surface area contributed by atoms with Crippen LogP contribution in [0.25, 0.3) is 0 Å². The molecule has 0 aliphatic heterocycles. The predicted octanol–water partition coefficient (Wildman–Crippen LogP) is 3.15. The highest BCUT2D eigenvalue weighted by Crippen LogP contribution is 2.27. The van der Waals surface area contributed by atoms with Gasteiger partial charge in [0.15, 0.2) is 0 Å². The number of carbonyl (C=O) groups excluding carboxylic acids is 1. The molecule has 2 aromatic rings. The van der Waals surface area contributed by atoms with Crippen molar-refractivity contribution < 1.29 is 14.3 Å². The van der Waals surface area contributed by atoms with Crippen LogP contribution in [0, 0.1) is 11.3 Å². The Morgan fingerprint density at radius 1 is 1.09 bits per heavy atom. The first-order valence-electron chi connectivity index (χ1n) is 6.97. The quantitative estimate of drug-likeness (QED) is 0.607. The minimum atomic E-state index is -0.507. The maximum absolute atomic E-state index is 12.2. The number of nitrogens with zero attached hydrogens (tertiary/aromatic N) is 1. The van der Waals surface area contributed by atoms with Crippen molar-refractivity contribution in [1.29, 1.82) is 5.26 Å². The van der Waals surface area contributed by atoms with Crippen molar-refractivity contribution in [3.8, 4) is 6.07 Å². The number of carbonyl (C=O) groups is 1. The predicted molar refractivity (Wildman–Crippen MR) is 82.5 cm³/mol. The number of esters is 1. The smallest absolute Gasteiger partial charge is 0.338 e. The molecule has 4 nitrogen and oxygen atoms in total. The van der Waals surface area contributed by atoms with E-state index in [0.29, 0.717) is 17.7 Å². The van der Waals surface area contributed by atoms with E-state index in [-0.39, 0.29) is 6.61 Å². The average Bonchev–Trinajstić information content (AvgIpc) is 2.57. The Hall–Kier alpha value is -2.64. The zero-order valence-electron chi connectivity index (χ0n) is 12.4. The molecule has 0 fully saturated rings. The van der Waals surface area contributed by atoms with Crippen LogP contribution in [0.5, 0.6) is 0 Å². The molecule has 0 saturated carbocycles. The lowest BCUT2D eigenvalue weighted by molar-refractivity contribution is 0.0387. The van der Waals surface area contributed by atoms with Crippen LogP contribution < -0.4 is 0 Å². The van der Waals surface area contributed by atoms with E-state index < -0.39 is 11.9 Å². The van der Waals surface area contributed by atoms with Gasteiger partial charge < -0.3 is 9.47 Å². The normalized spacial score (nSPS) is 11.5. The number of ether oxygens (including phenoxy) is 2. The molecule has 2 rings (SSSR count).